The average molecular weight is 510 g/mol. The fourth-order valence-corrected chi connectivity index (χ4v) is 4.35. The third-order valence-corrected chi connectivity index (χ3v) is 6.21. The van der Waals surface area contributed by atoms with E-state index >= 15 is 0 Å². The molecule has 176 valence electrons. The van der Waals surface area contributed by atoms with Crippen LogP contribution in [0.5, 0.6) is 0 Å². The zero-order chi connectivity index (χ0) is 22.7. The molecule has 0 spiro atoms. The van der Waals surface area contributed by atoms with E-state index in [2.05, 4.69) is 26.3 Å². The number of rotatable bonds is 5. The van der Waals surface area contributed by atoms with E-state index in [0.29, 0.717) is 43.0 Å². The van der Waals surface area contributed by atoms with Crippen LogP contribution in [0.2, 0.25) is 0 Å². The smallest absolute Gasteiger partial charge is 0.416 e. The Morgan fingerprint density at radius 3 is 2.53 bits per heavy atom. The highest BCUT2D eigenvalue weighted by molar-refractivity contribution is 9.10. The number of carbonyl (C=O) groups excluding carboxylic acids is 1. The van der Waals surface area contributed by atoms with Crippen LogP contribution in [0, 0.1) is 5.92 Å². The molecule has 2 saturated heterocycles. The second-order valence-electron chi connectivity index (χ2n) is 9.41. The number of carbonyl (C=O) groups is 1. The van der Waals surface area contributed by atoms with E-state index in [-0.39, 0.29) is 12.1 Å². The summed E-state index contributed by atoms with van der Waals surface area (Å²) in [5.41, 5.74) is 0.0444. The van der Waals surface area contributed by atoms with Gasteiger partial charge in [0.25, 0.3) is 0 Å². The molecule has 4 heterocycles. The maximum Gasteiger partial charge on any atom is 0.416 e. The van der Waals surface area contributed by atoms with Gasteiger partial charge in [0.05, 0.1) is 10.7 Å². The highest BCUT2D eigenvalue weighted by Crippen LogP contribution is 2.29. The summed E-state index contributed by atoms with van der Waals surface area (Å²) in [5.74, 6) is 1.67. The van der Waals surface area contributed by atoms with Crippen molar-refractivity contribution >= 4 is 39.3 Å². The Labute approximate surface area is 196 Å². The molecule has 2 aliphatic rings. The molecule has 1 N–H and O–H groups in total. The zero-order valence-corrected chi connectivity index (χ0v) is 20.6. The van der Waals surface area contributed by atoms with Gasteiger partial charge in [0, 0.05) is 45.1 Å². The molecule has 32 heavy (non-hydrogen) atoms. The first-order chi connectivity index (χ1) is 15.3. The molecule has 0 radical (unpaired) electrons. The predicted octanol–water partition coefficient (Wildman–Crippen LogP) is 4.25. The minimum Gasteiger partial charge on any atom is -0.443 e. The van der Waals surface area contributed by atoms with Crippen LogP contribution in [0.3, 0.4) is 0 Å². The van der Waals surface area contributed by atoms with Crippen molar-refractivity contribution < 1.29 is 19.0 Å². The minimum atomic E-state index is -0.606. The summed E-state index contributed by atoms with van der Waals surface area (Å²) < 4.78 is 19.2. The molecule has 10 heteroatoms. The molecule has 0 aromatic carbocycles. The molecule has 0 atom stereocenters. The van der Waals surface area contributed by atoms with Gasteiger partial charge in [-0.15, -0.1) is 0 Å². The Bertz CT molecular complexity index is 932. The van der Waals surface area contributed by atoms with Crippen molar-refractivity contribution in [2.45, 2.75) is 58.1 Å². The molecule has 0 bridgehead atoms. The van der Waals surface area contributed by atoms with E-state index in [4.69, 9.17) is 19.2 Å². The zero-order valence-electron chi connectivity index (χ0n) is 19.0. The van der Waals surface area contributed by atoms with Gasteiger partial charge in [0.2, 0.25) is 0 Å². The van der Waals surface area contributed by atoms with E-state index in [1.165, 1.54) is 0 Å². The predicted molar refractivity (Wildman–Crippen MR) is 125 cm³/mol. The lowest BCUT2D eigenvalue weighted by atomic mass is 10.00. The molecule has 2 aliphatic heterocycles. The van der Waals surface area contributed by atoms with Crippen LogP contribution in [0.15, 0.2) is 16.7 Å². The first kappa shape index (κ1) is 23.3. The van der Waals surface area contributed by atoms with Gasteiger partial charge in [0.1, 0.15) is 17.2 Å². The fraction of sp³-hybridized carbons (Fsp3) is 0.682. The van der Waals surface area contributed by atoms with Crippen molar-refractivity contribution in [3.05, 3.63) is 16.7 Å². The number of ether oxygens (including phenoxy) is 3. The lowest BCUT2D eigenvalue weighted by Gasteiger charge is -2.32. The minimum absolute atomic E-state index is 0.277. The average Bonchev–Trinajstić information content (AvgIpc) is 3.13. The molecular formula is C22H32BrN5O4. The van der Waals surface area contributed by atoms with Crippen LogP contribution in [-0.4, -0.2) is 65.3 Å². The second-order valence-corrected chi connectivity index (χ2v) is 10.3. The summed E-state index contributed by atoms with van der Waals surface area (Å²) in [6, 6.07) is 2.17. The highest BCUT2D eigenvalue weighted by Gasteiger charge is 2.30. The number of hydrogen-bond acceptors (Lipinski definition) is 7. The summed E-state index contributed by atoms with van der Waals surface area (Å²) in [6.07, 6.45) is 4.96. The fourth-order valence-electron chi connectivity index (χ4n) is 4.00. The maximum absolute atomic E-state index is 13.3. The second kappa shape index (κ2) is 9.93. The lowest BCUT2D eigenvalue weighted by Crippen LogP contribution is -2.42. The quantitative estimate of drug-likeness (QED) is 0.643. The molecule has 0 unspecified atom stereocenters. The molecule has 2 aromatic heterocycles. The van der Waals surface area contributed by atoms with Gasteiger partial charge in [-0.3, -0.25) is 4.90 Å². The van der Waals surface area contributed by atoms with Crippen molar-refractivity contribution in [3.63, 3.8) is 0 Å². The van der Waals surface area contributed by atoms with Gasteiger partial charge >= 0.3 is 6.09 Å². The van der Waals surface area contributed by atoms with E-state index in [0.717, 1.165) is 43.4 Å². The normalized spacial score (nSPS) is 18.6. The molecule has 1 amide bonds. The Morgan fingerprint density at radius 2 is 1.88 bits per heavy atom. The summed E-state index contributed by atoms with van der Waals surface area (Å²) in [4.78, 5) is 19.8. The first-order valence-corrected chi connectivity index (χ1v) is 12.1. The summed E-state index contributed by atoms with van der Waals surface area (Å²) in [6.45, 7) is 9.05. The van der Waals surface area contributed by atoms with Crippen LogP contribution in [0.25, 0.3) is 5.65 Å². The maximum atomic E-state index is 13.3. The van der Waals surface area contributed by atoms with Crippen molar-refractivity contribution in [2.24, 2.45) is 5.92 Å². The van der Waals surface area contributed by atoms with Crippen molar-refractivity contribution in [1.82, 2.24) is 14.6 Å². The molecular weight excluding hydrogens is 478 g/mol. The van der Waals surface area contributed by atoms with Gasteiger partial charge in [-0.25, -0.2) is 9.78 Å². The summed E-state index contributed by atoms with van der Waals surface area (Å²) >= 11 is 3.55. The number of halogens is 1. The Balaban J connectivity index is 1.70. The lowest BCUT2D eigenvalue weighted by molar-refractivity contribution is 0.0512. The Hall–Kier alpha value is -1.91. The molecule has 2 aromatic rings. The third-order valence-electron chi connectivity index (χ3n) is 5.66. The van der Waals surface area contributed by atoms with Gasteiger partial charge in [0.15, 0.2) is 5.65 Å². The van der Waals surface area contributed by atoms with E-state index in [1.807, 2.05) is 26.8 Å². The van der Waals surface area contributed by atoms with Crippen molar-refractivity contribution in [1.29, 1.82) is 0 Å². The van der Waals surface area contributed by atoms with Crippen LogP contribution >= 0.6 is 15.9 Å². The Morgan fingerprint density at radius 1 is 1.22 bits per heavy atom. The number of aromatic nitrogens is 3. The van der Waals surface area contributed by atoms with E-state index in [1.54, 1.807) is 15.6 Å². The first-order valence-electron chi connectivity index (χ1n) is 11.3. The van der Waals surface area contributed by atoms with Crippen molar-refractivity contribution in [2.75, 3.05) is 43.2 Å². The number of anilines is 2. The van der Waals surface area contributed by atoms with Gasteiger partial charge in [-0.1, -0.05) is 0 Å². The van der Waals surface area contributed by atoms with Gasteiger partial charge < -0.3 is 19.5 Å². The Kier molecular flexibility index (Phi) is 7.21. The molecule has 0 saturated carbocycles. The van der Waals surface area contributed by atoms with Crippen molar-refractivity contribution in [3.8, 4) is 0 Å². The monoisotopic (exact) mass is 509 g/mol. The van der Waals surface area contributed by atoms with Crippen LogP contribution in [0.4, 0.5) is 16.4 Å². The highest BCUT2D eigenvalue weighted by atomic mass is 79.9. The largest absolute Gasteiger partial charge is 0.443 e. The summed E-state index contributed by atoms with van der Waals surface area (Å²) in [5, 5.41) is 8.01. The molecule has 0 aliphatic carbocycles. The third kappa shape index (κ3) is 5.71. The molecule has 9 nitrogen and oxygen atoms in total. The SMILES string of the molecule is CC(C)(C)OC(=O)N(CC1CCOCC1)c1cc(NC2CCOCC2)nc2c(Br)cnn12. The molecule has 4 rings (SSSR count). The number of amides is 1. The van der Waals surface area contributed by atoms with Crippen LogP contribution in [-0.2, 0) is 14.2 Å². The van der Waals surface area contributed by atoms with Crippen LogP contribution in [0.1, 0.15) is 46.5 Å². The van der Waals surface area contributed by atoms with Crippen LogP contribution < -0.4 is 10.2 Å². The number of hydrogen-bond donors (Lipinski definition) is 1. The standard InChI is InChI=1S/C22H32BrN5O4/c1-22(2,3)32-21(29)27(14-15-4-8-30-9-5-15)19-12-18(25-16-6-10-31-11-7-16)26-20-17(23)13-24-28(19)20/h12-13,15-16H,4-11,14H2,1-3H3,(H,25,26). The topological polar surface area (TPSA) is 90.2 Å². The summed E-state index contributed by atoms with van der Waals surface area (Å²) in [7, 11) is 0. The number of nitrogens with one attached hydrogen (secondary N) is 1. The van der Waals surface area contributed by atoms with Gasteiger partial charge in [-0.2, -0.15) is 9.61 Å². The number of fused-ring (bicyclic) bond motifs is 1. The van der Waals surface area contributed by atoms with E-state index in [9.17, 15) is 4.79 Å². The number of nitrogens with zero attached hydrogens (tertiary/aromatic N) is 4. The van der Waals surface area contributed by atoms with E-state index < -0.39 is 5.60 Å². The van der Waals surface area contributed by atoms with Gasteiger partial charge in [-0.05, 0) is 68.3 Å². The molecule has 2 fully saturated rings.